The third-order valence-corrected chi connectivity index (χ3v) is 11.0. The van der Waals surface area contributed by atoms with E-state index in [4.69, 9.17) is 14.0 Å². The molecule has 0 aliphatic heterocycles. The summed E-state index contributed by atoms with van der Waals surface area (Å²) >= 11 is 0. The van der Waals surface area contributed by atoms with E-state index in [1.54, 1.807) is 31.4 Å². The van der Waals surface area contributed by atoms with Gasteiger partial charge in [0.1, 0.15) is 30.8 Å². The number of benzene rings is 4. The molecule has 6 rings (SSSR count). The lowest BCUT2D eigenvalue weighted by atomic mass is 9.85. The average Bonchev–Trinajstić information content (AvgIpc) is 3.20. The maximum atomic E-state index is 11.4. The van der Waals surface area contributed by atoms with Gasteiger partial charge in [-0.25, -0.2) is 0 Å². The van der Waals surface area contributed by atoms with Gasteiger partial charge in [0.05, 0.1) is 53.9 Å². The Hall–Kier alpha value is -4.53. The van der Waals surface area contributed by atoms with E-state index < -0.39 is 14.4 Å². The zero-order chi connectivity index (χ0) is 42.0. The Kier molecular flexibility index (Phi) is 15.7. The Morgan fingerprint density at radius 3 is 1.47 bits per heavy atom. The molecule has 0 saturated carbocycles. The molecular weight excluding hydrogens is 767 g/mol. The topological polar surface area (TPSA) is 232 Å². The molecule has 0 aromatic heterocycles. The van der Waals surface area contributed by atoms with Crippen molar-refractivity contribution in [1.29, 1.82) is 0 Å². The Labute approximate surface area is 338 Å². The first kappa shape index (κ1) is 44.6. The number of phosphoric acid groups is 1. The number of allylic oxidation sites excluding steroid dienone is 2. The van der Waals surface area contributed by atoms with Crippen LogP contribution in [-0.4, -0.2) is 50.0 Å². The summed E-state index contributed by atoms with van der Waals surface area (Å²) in [4.78, 5) is 22.8. The van der Waals surface area contributed by atoms with E-state index in [9.17, 15) is 50.1 Å². The summed E-state index contributed by atoms with van der Waals surface area (Å²) in [7, 11) is -2.33. The number of phenols is 1. The molecule has 0 unspecified atom stereocenters. The van der Waals surface area contributed by atoms with Crippen molar-refractivity contribution in [2.45, 2.75) is 91.0 Å². The van der Waals surface area contributed by atoms with Crippen LogP contribution in [-0.2, 0) is 57.0 Å². The predicted molar refractivity (Wildman–Crippen MR) is 214 cm³/mol. The highest BCUT2D eigenvalue weighted by atomic mass is 31.2. The van der Waals surface area contributed by atoms with Crippen LogP contribution in [0, 0.1) is 0 Å². The van der Waals surface area contributed by atoms with E-state index in [1.807, 2.05) is 24.3 Å². The smallest absolute Gasteiger partial charge is 0.133 e. The third-order valence-electron chi connectivity index (χ3n) is 10.6. The summed E-state index contributed by atoms with van der Waals surface area (Å²) in [5.74, 6) is 0.979. The zero-order valence-electron chi connectivity index (χ0n) is 32.7. The van der Waals surface area contributed by atoms with Crippen LogP contribution in [0.15, 0.2) is 60.7 Å². The molecule has 0 spiro atoms. The fraction of sp³-hybridized carbons (Fsp3) is 0.364. The maximum Gasteiger partial charge on any atom is 0.133 e. The Morgan fingerprint density at radius 1 is 0.586 bits per heavy atom. The van der Waals surface area contributed by atoms with Gasteiger partial charge in [0.15, 0.2) is 0 Å². The molecule has 13 nitrogen and oxygen atoms in total. The monoisotopic (exact) mass is 818 g/mol. The molecule has 0 fully saturated rings. The van der Waals surface area contributed by atoms with Gasteiger partial charge in [-0.2, -0.15) is 0 Å². The largest absolute Gasteiger partial charge is 0.780 e. The van der Waals surface area contributed by atoms with E-state index in [1.165, 1.54) is 13.2 Å². The molecule has 58 heavy (non-hydrogen) atoms. The molecule has 7 N–H and O–H groups in total. The summed E-state index contributed by atoms with van der Waals surface area (Å²) in [6.45, 7) is -1.69. The number of phosphoric ester groups is 1. The average molecular weight is 819 g/mol. The standard InChI is InChI=1S/C22H27O8P.C22H26O5/c1-29-21-10-15(9-16(12-24)20(21)13-25)17-5-3-2-4-6-19-18(17)8-7-14(11-23)22(19)30-31(26,27)28;1-27-21-10-15(9-16(12-24)20(21)13-25)17-5-3-2-4-6-19-18(17)8-7-14(11-23)22(19)26/h5,7-10,23-25H,2-4,6,11-13H2,1H3,(H2,26,27,28);5,7-10,23-26H,2-4,6,11-13H2,1H3/p-2/b2*17-5-. The number of fused-ring (bicyclic) bond motifs is 2. The van der Waals surface area contributed by atoms with Gasteiger partial charge in [-0.1, -0.05) is 36.4 Å². The molecule has 2 aliphatic carbocycles. The molecule has 0 bridgehead atoms. The molecular formula is C44H51O13P-2. The Bertz CT molecular complexity index is 2140. The molecule has 0 saturated heterocycles. The van der Waals surface area contributed by atoms with Crippen molar-refractivity contribution in [2.24, 2.45) is 0 Å². The van der Waals surface area contributed by atoms with Gasteiger partial charge in [0, 0.05) is 33.4 Å². The fourth-order valence-electron chi connectivity index (χ4n) is 7.72. The van der Waals surface area contributed by atoms with Crippen LogP contribution < -0.4 is 23.8 Å². The minimum absolute atomic E-state index is 0.123. The number of hydrogen-bond donors (Lipinski definition) is 7. The van der Waals surface area contributed by atoms with Crippen LogP contribution in [0.3, 0.4) is 0 Å². The number of ether oxygens (including phenoxy) is 2. The van der Waals surface area contributed by atoms with Crippen LogP contribution in [0.5, 0.6) is 23.0 Å². The van der Waals surface area contributed by atoms with Crippen molar-refractivity contribution in [3.63, 3.8) is 0 Å². The highest BCUT2D eigenvalue weighted by Crippen LogP contribution is 2.43. The molecule has 0 atom stereocenters. The normalized spacial score (nSPS) is 16.0. The first-order valence-electron chi connectivity index (χ1n) is 19.1. The summed E-state index contributed by atoms with van der Waals surface area (Å²) in [5.41, 5.74) is 9.18. The minimum Gasteiger partial charge on any atom is -0.780 e. The SMILES string of the molecule is COc1cc(/C2=C/CCCCc3c2ccc(CO)c3O)cc(CO)c1CO.COc1cc(/C2=C/CCCCc3c2ccc(CO)c3OP(=O)([O-])[O-])cc(CO)c1CO. The van der Waals surface area contributed by atoms with Crippen LogP contribution in [0.1, 0.15) is 105 Å². The van der Waals surface area contributed by atoms with Crippen LogP contribution in [0.2, 0.25) is 0 Å². The van der Waals surface area contributed by atoms with Gasteiger partial charge in [0.2, 0.25) is 0 Å². The van der Waals surface area contributed by atoms with E-state index >= 15 is 0 Å². The van der Waals surface area contributed by atoms with Crippen LogP contribution in [0.4, 0.5) is 0 Å². The fourth-order valence-corrected chi connectivity index (χ4v) is 8.17. The second kappa shape index (κ2) is 20.4. The molecule has 0 radical (unpaired) electrons. The van der Waals surface area contributed by atoms with Crippen molar-refractivity contribution < 1.29 is 64.1 Å². The van der Waals surface area contributed by atoms with Crippen molar-refractivity contribution >= 4 is 19.0 Å². The number of rotatable bonds is 12. The highest BCUT2D eigenvalue weighted by Gasteiger charge is 2.23. The first-order valence-corrected chi connectivity index (χ1v) is 20.6. The summed E-state index contributed by atoms with van der Waals surface area (Å²) < 4.78 is 27.0. The molecule has 0 heterocycles. The van der Waals surface area contributed by atoms with Gasteiger partial charge >= 0.3 is 0 Å². The lowest BCUT2D eigenvalue weighted by molar-refractivity contribution is -0.333. The van der Waals surface area contributed by atoms with Gasteiger partial charge < -0.3 is 64.1 Å². The summed E-state index contributed by atoms with van der Waals surface area (Å²) in [6.07, 6.45) is 10.6. The lowest BCUT2D eigenvalue weighted by Crippen LogP contribution is -2.20. The lowest BCUT2D eigenvalue weighted by Gasteiger charge is -2.32. The van der Waals surface area contributed by atoms with Crippen molar-refractivity contribution in [1.82, 2.24) is 0 Å². The molecule has 0 amide bonds. The minimum atomic E-state index is -5.34. The molecule has 14 heteroatoms. The quantitative estimate of drug-likeness (QED) is 0.0973. The second-order valence-corrected chi connectivity index (χ2v) is 15.1. The first-order chi connectivity index (χ1) is 28.0. The van der Waals surface area contributed by atoms with Crippen molar-refractivity contribution in [2.75, 3.05) is 14.2 Å². The van der Waals surface area contributed by atoms with E-state index in [-0.39, 0.29) is 50.1 Å². The van der Waals surface area contributed by atoms with Gasteiger partial charge in [-0.05, 0) is 120 Å². The molecule has 4 aromatic rings. The number of aromatic hydroxyl groups is 1. The van der Waals surface area contributed by atoms with Crippen LogP contribution >= 0.6 is 7.82 Å². The molecule has 312 valence electrons. The number of methoxy groups -OCH3 is 2. The molecule has 4 aromatic carbocycles. The maximum absolute atomic E-state index is 11.4. The second-order valence-electron chi connectivity index (χ2n) is 14.0. The van der Waals surface area contributed by atoms with Gasteiger partial charge in [-0.15, -0.1) is 0 Å². The van der Waals surface area contributed by atoms with Crippen LogP contribution in [0.25, 0.3) is 11.1 Å². The van der Waals surface area contributed by atoms with Crippen molar-refractivity contribution in [3.05, 3.63) is 127 Å². The Morgan fingerprint density at radius 2 is 1.03 bits per heavy atom. The summed E-state index contributed by atoms with van der Waals surface area (Å²) in [5, 5.41) is 68.6. The van der Waals surface area contributed by atoms with Gasteiger partial charge in [-0.3, -0.25) is 0 Å². The van der Waals surface area contributed by atoms with E-state index in [0.29, 0.717) is 62.4 Å². The van der Waals surface area contributed by atoms with E-state index in [2.05, 4.69) is 6.08 Å². The highest BCUT2D eigenvalue weighted by molar-refractivity contribution is 7.43. The number of aliphatic hydroxyl groups is 6. The number of aliphatic hydroxyl groups excluding tert-OH is 6. The van der Waals surface area contributed by atoms with Gasteiger partial charge in [0.25, 0.3) is 0 Å². The van der Waals surface area contributed by atoms with E-state index in [0.717, 1.165) is 72.8 Å². The summed E-state index contributed by atoms with van der Waals surface area (Å²) in [6, 6.07) is 14.2. The molecule has 2 aliphatic rings. The zero-order valence-corrected chi connectivity index (χ0v) is 33.6. The predicted octanol–water partition coefficient (Wildman–Crippen LogP) is 4.57. The third kappa shape index (κ3) is 10.0. The Balaban J connectivity index is 0.000000223. The number of hydrogen-bond acceptors (Lipinski definition) is 13. The van der Waals surface area contributed by atoms with Crippen molar-refractivity contribution in [3.8, 4) is 23.0 Å².